The highest BCUT2D eigenvalue weighted by molar-refractivity contribution is 7.80. The standard InChI is InChI=1S/C19H22ClNS/c1-5-6-16(12-20)11-19(15(3)14(2)13-21-4)17-7-9-18(22)10-8-17/h5-12,21-22H,2-3,13H2,1,4H3/b6-5-,16-12+,19-11+. The van der Waals surface area contributed by atoms with Gasteiger partial charge in [-0.15, -0.1) is 12.6 Å². The molecule has 22 heavy (non-hydrogen) atoms. The Hall–Kier alpha value is -1.48. The Morgan fingerprint density at radius 3 is 2.41 bits per heavy atom. The molecular weight excluding hydrogens is 310 g/mol. The van der Waals surface area contributed by atoms with Crippen LogP contribution in [0.1, 0.15) is 12.5 Å². The van der Waals surface area contributed by atoms with Crippen LogP contribution in [0.5, 0.6) is 0 Å². The van der Waals surface area contributed by atoms with Crippen LogP contribution in [0.4, 0.5) is 0 Å². The molecule has 1 rings (SSSR count). The molecule has 1 aromatic rings. The summed E-state index contributed by atoms with van der Waals surface area (Å²) >= 11 is 10.2. The minimum atomic E-state index is 0.685. The minimum absolute atomic E-state index is 0.685. The van der Waals surface area contributed by atoms with Crippen molar-refractivity contribution in [1.29, 1.82) is 0 Å². The quantitative estimate of drug-likeness (QED) is 0.504. The Morgan fingerprint density at radius 1 is 1.27 bits per heavy atom. The van der Waals surface area contributed by atoms with E-state index in [1.54, 1.807) is 5.54 Å². The van der Waals surface area contributed by atoms with Gasteiger partial charge in [-0.2, -0.15) is 0 Å². The Bertz CT molecular complexity index is 621. The number of likely N-dealkylation sites (N-methyl/N-ethyl adjacent to an activating group) is 1. The van der Waals surface area contributed by atoms with Crippen molar-refractivity contribution in [1.82, 2.24) is 5.32 Å². The molecule has 0 saturated carbocycles. The van der Waals surface area contributed by atoms with Crippen molar-refractivity contribution in [3.63, 3.8) is 0 Å². The minimum Gasteiger partial charge on any atom is -0.316 e. The molecule has 0 aliphatic carbocycles. The van der Waals surface area contributed by atoms with E-state index in [1.807, 2.05) is 56.5 Å². The van der Waals surface area contributed by atoms with Gasteiger partial charge in [-0.3, -0.25) is 0 Å². The van der Waals surface area contributed by atoms with E-state index < -0.39 is 0 Å². The lowest BCUT2D eigenvalue weighted by molar-refractivity contribution is 0.893. The molecule has 0 fully saturated rings. The fraction of sp³-hybridized carbons (Fsp3) is 0.158. The van der Waals surface area contributed by atoms with Gasteiger partial charge >= 0.3 is 0 Å². The molecule has 0 amide bonds. The molecule has 0 atom stereocenters. The van der Waals surface area contributed by atoms with E-state index in [4.69, 9.17) is 11.6 Å². The second kappa shape index (κ2) is 9.52. The molecule has 1 nitrogen and oxygen atoms in total. The highest BCUT2D eigenvalue weighted by Crippen LogP contribution is 2.29. The average Bonchev–Trinajstić information content (AvgIpc) is 2.52. The van der Waals surface area contributed by atoms with Crippen molar-refractivity contribution in [2.24, 2.45) is 0 Å². The van der Waals surface area contributed by atoms with Crippen molar-refractivity contribution in [2.75, 3.05) is 13.6 Å². The first kappa shape index (κ1) is 18.6. The van der Waals surface area contributed by atoms with Crippen LogP contribution >= 0.6 is 24.2 Å². The van der Waals surface area contributed by atoms with Crippen LogP contribution in [0.15, 0.2) is 82.8 Å². The maximum atomic E-state index is 5.91. The summed E-state index contributed by atoms with van der Waals surface area (Å²) in [6, 6.07) is 7.96. The lowest BCUT2D eigenvalue weighted by Gasteiger charge is -2.14. The van der Waals surface area contributed by atoms with Crippen LogP contribution in [0.3, 0.4) is 0 Å². The summed E-state index contributed by atoms with van der Waals surface area (Å²) in [5.41, 5.74) is 6.35. The molecule has 0 bridgehead atoms. The molecule has 116 valence electrons. The Kier molecular flexibility index (Phi) is 8.03. The number of hydrogen-bond donors (Lipinski definition) is 2. The largest absolute Gasteiger partial charge is 0.316 e. The third-order valence-electron chi connectivity index (χ3n) is 3.12. The zero-order valence-corrected chi connectivity index (χ0v) is 14.7. The van der Waals surface area contributed by atoms with Gasteiger partial charge in [0.05, 0.1) is 0 Å². The van der Waals surface area contributed by atoms with Gasteiger partial charge in [0.1, 0.15) is 0 Å². The highest BCUT2D eigenvalue weighted by Gasteiger charge is 2.09. The van der Waals surface area contributed by atoms with Crippen molar-refractivity contribution < 1.29 is 0 Å². The third-order valence-corrected chi connectivity index (χ3v) is 3.67. The lowest BCUT2D eigenvalue weighted by atomic mass is 9.92. The second-order valence-corrected chi connectivity index (χ2v) is 5.56. The smallest absolute Gasteiger partial charge is 0.0202 e. The van der Waals surface area contributed by atoms with E-state index in [0.29, 0.717) is 6.54 Å². The average molecular weight is 332 g/mol. The van der Waals surface area contributed by atoms with Crippen LogP contribution in [-0.2, 0) is 0 Å². The number of thiol groups is 1. The van der Waals surface area contributed by atoms with Crippen molar-refractivity contribution in [3.05, 3.63) is 83.5 Å². The number of hydrogen-bond acceptors (Lipinski definition) is 2. The van der Waals surface area contributed by atoms with E-state index in [-0.39, 0.29) is 0 Å². The molecule has 0 unspecified atom stereocenters. The Morgan fingerprint density at radius 2 is 1.91 bits per heavy atom. The predicted octanol–water partition coefficient (Wildman–Crippen LogP) is 5.39. The fourth-order valence-electron chi connectivity index (χ4n) is 1.97. The Balaban J connectivity index is 3.32. The third kappa shape index (κ3) is 5.38. The molecule has 0 saturated heterocycles. The summed E-state index contributed by atoms with van der Waals surface area (Å²) in [5.74, 6) is 0. The molecule has 0 aromatic heterocycles. The summed E-state index contributed by atoms with van der Waals surface area (Å²) in [5, 5.41) is 3.10. The first-order valence-electron chi connectivity index (χ1n) is 6.99. The molecule has 0 heterocycles. The first-order chi connectivity index (χ1) is 10.5. The summed E-state index contributed by atoms with van der Waals surface area (Å²) in [4.78, 5) is 0.921. The molecule has 3 heteroatoms. The van der Waals surface area contributed by atoms with Gasteiger partial charge in [0.15, 0.2) is 0 Å². The summed E-state index contributed by atoms with van der Waals surface area (Å²) < 4.78 is 0. The molecular formula is C19H22ClNS. The zero-order valence-electron chi connectivity index (χ0n) is 13.1. The monoisotopic (exact) mass is 331 g/mol. The second-order valence-electron chi connectivity index (χ2n) is 4.83. The highest BCUT2D eigenvalue weighted by atomic mass is 35.5. The summed E-state index contributed by atoms with van der Waals surface area (Å²) in [6.07, 6.45) is 5.92. The number of halogens is 1. The first-order valence-corrected chi connectivity index (χ1v) is 7.88. The van der Waals surface area contributed by atoms with Gasteiger partial charge in [0.25, 0.3) is 0 Å². The molecule has 0 aliphatic rings. The predicted molar refractivity (Wildman–Crippen MR) is 103 cm³/mol. The van der Waals surface area contributed by atoms with Gasteiger partial charge < -0.3 is 5.32 Å². The van der Waals surface area contributed by atoms with Gasteiger partial charge in [-0.05, 0) is 60.0 Å². The van der Waals surface area contributed by atoms with Crippen LogP contribution in [0, 0.1) is 0 Å². The summed E-state index contributed by atoms with van der Waals surface area (Å²) in [7, 11) is 1.89. The SMILES string of the molecule is C=C(CNC)C(=C)\C(=C/C(/C=C\C)=C/Cl)c1ccc(S)cc1. The van der Waals surface area contributed by atoms with Crippen LogP contribution in [0.2, 0.25) is 0 Å². The number of nitrogens with one attached hydrogen (secondary N) is 1. The summed E-state index contributed by atoms with van der Waals surface area (Å²) in [6.45, 7) is 10.9. The fourth-order valence-corrected chi connectivity index (χ4v) is 2.26. The lowest BCUT2D eigenvalue weighted by Crippen LogP contribution is -2.11. The zero-order chi connectivity index (χ0) is 16.5. The number of allylic oxidation sites excluding steroid dienone is 5. The number of benzene rings is 1. The van der Waals surface area contributed by atoms with Crippen LogP contribution in [-0.4, -0.2) is 13.6 Å². The van der Waals surface area contributed by atoms with Crippen molar-refractivity contribution in [3.8, 4) is 0 Å². The normalized spacial score (nSPS) is 12.7. The van der Waals surface area contributed by atoms with Crippen LogP contribution in [0.25, 0.3) is 5.57 Å². The Labute approximate surface area is 144 Å². The van der Waals surface area contributed by atoms with Crippen molar-refractivity contribution in [2.45, 2.75) is 11.8 Å². The van der Waals surface area contributed by atoms with E-state index in [2.05, 4.69) is 31.1 Å². The maximum Gasteiger partial charge on any atom is 0.0202 e. The van der Waals surface area contributed by atoms with E-state index in [9.17, 15) is 0 Å². The van der Waals surface area contributed by atoms with E-state index in [1.165, 1.54) is 0 Å². The topological polar surface area (TPSA) is 12.0 Å². The maximum absolute atomic E-state index is 5.91. The molecule has 1 aromatic carbocycles. The van der Waals surface area contributed by atoms with E-state index >= 15 is 0 Å². The molecule has 0 aliphatic heterocycles. The van der Waals surface area contributed by atoms with Crippen molar-refractivity contribution >= 4 is 29.8 Å². The van der Waals surface area contributed by atoms with E-state index in [0.717, 1.165) is 32.8 Å². The van der Waals surface area contributed by atoms with Gasteiger partial charge in [0.2, 0.25) is 0 Å². The van der Waals surface area contributed by atoms with Gasteiger partial charge in [-0.1, -0.05) is 49.0 Å². The molecule has 0 spiro atoms. The molecule has 0 radical (unpaired) electrons. The number of rotatable bonds is 7. The van der Waals surface area contributed by atoms with Gasteiger partial charge in [-0.25, -0.2) is 0 Å². The van der Waals surface area contributed by atoms with Crippen LogP contribution < -0.4 is 5.32 Å². The van der Waals surface area contributed by atoms with Gasteiger partial charge in [0, 0.05) is 17.0 Å². The molecule has 1 N–H and O–H groups in total.